The standard InChI is InChI=1S/C22H40O6Si/c1-22(2,3)29(4,5)28-20(7-6-14-23)19-11-10-16(26-19)15-8-9-17(25-15)18-12-13-21(24)27-18/h15-20,23H,6-14H2,1-5H3/t15-,16-,17-,18+,19+,20+/m0/s1. The summed E-state index contributed by atoms with van der Waals surface area (Å²) in [5, 5.41) is 9.49. The summed E-state index contributed by atoms with van der Waals surface area (Å²) in [6.45, 7) is 11.5. The van der Waals surface area contributed by atoms with E-state index in [1.807, 2.05) is 0 Å². The molecule has 0 bridgehead atoms. The van der Waals surface area contributed by atoms with E-state index in [0.29, 0.717) is 6.42 Å². The minimum atomic E-state index is -1.92. The lowest BCUT2D eigenvalue weighted by Gasteiger charge is -2.41. The van der Waals surface area contributed by atoms with Crippen molar-refractivity contribution in [3.63, 3.8) is 0 Å². The Balaban J connectivity index is 1.56. The topological polar surface area (TPSA) is 74.2 Å². The van der Waals surface area contributed by atoms with Crippen LogP contribution in [-0.4, -0.2) is 62.6 Å². The van der Waals surface area contributed by atoms with E-state index in [2.05, 4.69) is 33.9 Å². The van der Waals surface area contributed by atoms with Gasteiger partial charge in [0.15, 0.2) is 8.32 Å². The molecule has 6 nitrogen and oxygen atoms in total. The van der Waals surface area contributed by atoms with Gasteiger partial charge in [0.25, 0.3) is 0 Å². The van der Waals surface area contributed by atoms with Gasteiger partial charge in [-0.3, -0.25) is 4.79 Å². The van der Waals surface area contributed by atoms with Crippen molar-refractivity contribution >= 4 is 14.3 Å². The highest BCUT2D eigenvalue weighted by Crippen LogP contribution is 2.41. The van der Waals surface area contributed by atoms with Crippen LogP contribution in [0.1, 0.15) is 72.1 Å². The van der Waals surface area contributed by atoms with Gasteiger partial charge in [-0.05, 0) is 63.1 Å². The summed E-state index contributed by atoms with van der Waals surface area (Å²) in [5.74, 6) is -0.103. The average Bonchev–Trinajstić information content (AvgIpc) is 3.36. The summed E-state index contributed by atoms with van der Waals surface area (Å²) in [6.07, 6.45) is 6.87. The number of carbonyl (C=O) groups is 1. The zero-order chi connectivity index (χ0) is 21.2. The van der Waals surface area contributed by atoms with Crippen molar-refractivity contribution in [1.82, 2.24) is 0 Å². The summed E-state index contributed by atoms with van der Waals surface area (Å²) in [4.78, 5) is 11.4. The molecule has 0 aromatic carbocycles. The van der Waals surface area contributed by atoms with Gasteiger partial charge in [-0.15, -0.1) is 0 Å². The number of ether oxygens (including phenoxy) is 3. The zero-order valence-electron chi connectivity index (χ0n) is 18.8. The van der Waals surface area contributed by atoms with Gasteiger partial charge in [0.1, 0.15) is 6.10 Å². The van der Waals surface area contributed by atoms with Crippen LogP contribution >= 0.6 is 0 Å². The molecule has 0 amide bonds. The Morgan fingerprint density at radius 2 is 1.66 bits per heavy atom. The first-order chi connectivity index (χ1) is 13.6. The first-order valence-corrected chi connectivity index (χ1v) is 14.3. The molecule has 3 saturated heterocycles. The van der Waals surface area contributed by atoms with Crippen LogP contribution in [-0.2, 0) is 23.4 Å². The van der Waals surface area contributed by atoms with Gasteiger partial charge in [0.2, 0.25) is 0 Å². The lowest BCUT2D eigenvalue weighted by Crippen LogP contribution is -2.47. The maximum atomic E-state index is 11.4. The van der Waals surface area contributed by atoms with E-state index in [9.17, 15) is 9.90 Å². The molecular weight excluding hydrogens is 388 g/mol. The van der Waals surface area contributed by atoms with Gasteiger partial charge in [0, 0.05) is 13.0 Å². The van der Waals surface area contributed by atoms with E-state index in [-0.39, 0.29) is 54.2 Å². The molecule has 3 fully saturated rings. The van der Waals surface area contributed by atoms with Crippen LogP contribution in [0.25, 0.3) is 0 Å². The lowest BCUT2D eigenvalue weighted by atomic mass is 10.0. The van der Waals surface area contributed by atoms with Crippen LogP contribution in [0.2, 0.25) is 18.1 Å². The number of esters is 1. The third-order valence-corrected chi connectivity index (χ3v) is 11.7. The minimum absolute atomic E-state index is 0.0165. The first kappa shape index (κ1) is 23.2. The monoisotopic (exact) mass is 428 g/mol. The second-order valence-electron chi connectivity index (χ2n) is 10.4. The van der Waals surface area contributed by atoms with Gasteiger partial charge in [0.05, 0.1) is 30.5 Å². The van der Waals surface area contributed by atoms with E-state index in [4.69, 9.17) is 18.6 Å². The molecule has 168 valence electrons. The molecule has 3 aliphatic heterocycles. The Kier molecular flexibility index (Phi) is 7.47. The summed E-state index contributed by atoms with van der Waals surface area (Å²) in [5.41, 5.74) is 0. The van der Waals surface area contributed by atoms with Crippen LogP contribution in [0.15, 0.2) is 0 Å². The predicted octanol–water partition coefficient (Wildman–Crippen LogP) is 3.95. The van der Waals surface area contributed by atoms with E-state index >= 15 is 0 Å². The number of carbonyl (C=O) groups excluding carboxylic acids is 1. The highest BCUT2D eigenvalue weighted by Gasteiger charge is 2.45. The van der Waals surface area contributed by atoms with Crippen LogP contribution in [0.4, 0.5) is 0 Å². The molecule has 3 rings (SSSR count). The normalized spacial score (nSPS) is 34.6. The number of aliphatic hydroxyl groups excluding tert-OH is 1. The van der Waals surface area contributed by atoms with E-state index in [1.54, 1.807) is 0 Å². The van der Waals surface area contributed by atoms with Crippen LogP contribution in [0.5, 0.6) is 0 Å². The van der Waals surface area contributed by atoms with Crippen molar-refractivity contribution in [3.05, 3.63) is 0 Å². The number of aliphatic hydroxyl groups is 1. The highest BCUT2D eigenvalue weighted by molar-refractivity contribution is 6.74. The van der Waals surface area contributed by atoms with Crippen LogP contribution < -0.4 is 0 Å². The fourth-order valence-electron chi connectivity index (χ4n) is 4.45. The Labute approximate surface area is 176 Å². The number of hydrogen-bond acceptors (Lipinski definition) is 6. The van der Waals surface area contributed by atoms with Gasteiger partial charge in [-0.25, -0.2) is 0 Å². The molecule has 6 atom stereocenters. The highest BCUT2D eigenvalue weighted by atomic mass is 28.4. The molecule has 0 aromatic rings. The zero-order valence-corrected chi connectivity index (χ0v) is 19.8. The average molecular weight is 429 g/mol. The molecule has 0 spiro atoms. The Morgan fingerprint density at radius 1 is 1.03 bits per heavy atom. The summed E-state index contributed by atoms with van der Waals surface area (Å²) < 4.78 is 24.9. The van der Waals surface area contributed by atoms with Crippen molar-refractivity contribution in [2.45, 2.75) is 127 Å². The van der Waals surface area contributed by atoms with Gasteiger partial charge in [-0.1, -0.05) is 20.8 Å². The third-order valence-electron chi connectivity index (χ3n) is 7.23. The second kappa shape index (κ2) is 9.35. The third kappa shape index (κ3) is 5.61. The molecule has 3 aliphatic rings. The summed E-state index contributed by atoms with van der Waals surface area (Å²) in [7, 11) is -1.92. The molecule has 0 radical (unpaired) electrons. The van der Waals surface area contributed by atoms with Crippen molar-refractivity contribution in [2.24, 2.45) is 0 Å². The molecule has 29 heavy (non-hydrogen) atoms. The molecule has 0 saturated carbocycles. The molecule has 1 N–H and O–H groups in total. The quantitative estimate of drug-likeness (QED) is 0.466. The van der Waals surface area contributed by atoms with Gasteiger partial charge < -0.3 is 23.7 Å². The molecule has 0 unspecified atom stereocenters. The maximum Gasteiger partial charge on any atom is 0.306 e. The first-order valence-electron chi connectivity index (χ1n) is 11.4. The van der Waals surface area contributed by atoms with Gasteiger partial charge in [-0.2, -0.15) is 0 Å². The Morgan fingerprint density at radius 3 is 2.24 bits per heavy atom. The van der Waals surface area contributed by atoms with E-state index in [0.717, 1.165) is 44.9 Å². The fraction of sp³-hybridized carbons (Fsp3) is 0.955. The number of cyclic esters (lactones) is 1. The number of rotatable bonds is 8. The lowest BCUT2D eigenvalue weighted by molar-refractivity contribution is -0.149. The van der Waals surface area contributed by atoms with Crippen molar-refractivity contribution in [1.29, 1.82) is 0 Å². The van der Waals surface area contributed by atoms with E-state index in [1.165, 1.54) is 0 Å². The van der Waals surface area contributed by atoms with Gasteiger partial charge >= 0.3 is 5.97 Å². The number of hydrogen-bond donors (Lipinski definition) is 1. The minimum Gasteiger partial charge on any atom is -0.460 e. The molecule has 0 aliphatic carbocycles. The SMILES string of the molecule is CC(C)(C)[Si](C)(C)O[C@H](CCCO)[C@H]1CC[C@@H]([C@@H]2CC[C@@H]([C@H]3CCC(=O)O3)O2)O1. The van der Waals surface area contributed by atoms with Crippen molar-refractivity contribution < 1.29 is 28.5 Å². The van der Waals surface area contributed by atoms with Crippen molar-refractivity contribution in [3.8, 4) is 0 Å². The molecule has 0 aromatic heterocycles. The second-order valence-corrected chi connectivity index (χ2v) is 15.2. The largest absolute Gasteiger partial charge is 0.460 e. The molecule has 3 heterocycles. The molecule has 7 heteroatoms. The Hall–Kier alpha value is -0.473. The van der Waals surface area contributed by atoms with E-state index < -0.39 is 8.32 Å². The summed E-state index contributed by atoms with van der Waals surface area (Å²) >= 11 is 0. The maximum absolute atomic E-state index is 11.4. The Bertz CT molecular complexity index is 560. The van der Waals surface area contributed by atoms with Crippen molar-refractivity contribution in [2.75, 3.05) is 6.61 Å². The van der Waals surface area contributed by atoms with Crippen LogP contribution in [0.3, 0.4) is 0 Å². The predicted molar refractivity (Wildman–Crippen MR) is 113 cm³/mol. The van der Waals surface area contributed by atoms with Crippen LogP contribution in [0, 0.1) is 0 Å². The summed E-state index contributed by atoms with van der Waals surface area (Å²) in [6, 6.07) is 0. The molecular formula is C22H40O6Si. The fourth-order valence-corrected chi connectivity index (χ4v) is 5.83. The smallest absolute Gasteiger partial charge is 0.306 e.